The van der Waals surface area contributed by atoms with Crippen molar-refractivity contribution in [2.75, 3.05) is 6.54 Å². The van der Waals surface area contributed by atoms with Crippen LogP contribution in [0, 0.1) is 5.92 Å². The van der Waals surface area contributed by atoms with Gasteiger partial charge in [0.05, 0.1) is 4.90 Å². The number of carbonyl (C=O) groups excluding carboxylic acids is 2. The number of benzene rings is 2. The Kier molecular flexibility index (Phi) is 8.95. The van der Waals surface area contributed by atoms with Crippen LogP contribution in [-0.2, 0) is 19.4 Å². The molecule has 198 valence electrons. The average molecular weight is 536 g/mol. The highest BCUT2D eigenvalue weighted by Gasteiger charge is 2.41. The normalized spacial score (nSPS) is 20.2. The molecule has 1 aliphatic rings. The first-order chi connectivity index (χ1) is 16.8. The highest BCUT2D eigenvalue weighted by Crippen LogP contribution is 2.26. The van der Waals surface area contributed by atoms with Crippen molar-refractivity contribution in [1.82, 2.24) is 16.0 Å². The fourth-order valence-electron chi connectivity index (χ4n) is 4.26. The number of fused-ring (bicyclic) bond motifs is 1. The van der Waals surface area contributed by atoms with E-state index in [9.17, 15) is 18.0 Å². The Labute approximate surface area is 219 Å². The third-order valence-corrected chi connectivity index (χ3v) is 8.31. The molecule has 0 bridgehead atoms. The lowest BCUT2D eigenvalue weighted by Crippen LogP contribution is -2.57. The lowest BCUT2D eigenvalue weighted by atomic mass is 10.0. The minimum atomic E-state index is -3.99. The number of nitrogens with one attached hydrogen (secondary N) is 3. The first kappa shape index (κ1) is 28.3. The molecule has 1 heterocycles. The second-order valence-corrected chi connectivity index (χ2v) is 13.5. The molecule has 0 aromatic heterocycles. The van der Waals surface area contributed by atoms with Gasteiger partial charge >= 0.3 is 6.09 Å². The van der Waals surface area contributed by atoms with Gasteiger partial charge in [0.2, 0.25) is 15.7 Å². The van der Waals surface area contributed by atoms with E-state index in [-0.39, 0.29) is 16.1 Å². The van der Waals surface area contributed by atoms with Crippen LogP contribution in [0.5, 0.6) is 0 Å². The molecule has 10 heteroatoms. The average Bonchev–Trinajstić information content (AvgIpc) is 3.20. The smallest absolute Gasteiger partial charge is 0.408 e. The van der Waals surface area contributed by atoms with Crippen LogP contribution in [0.15, 0.2) is 47.4 Å². The number of ether oxygens (including phenoxy) is 1. The van der Waals surface area contributed by atoms with Gasteiger partial charge in [-0.25, -0.2) is 13.2 Å². The molecule has 1 aliphatic heterocycles. The Morgan fingerprint density at radius 1 is 1.11 bits per heavy atom. The molecule has 3 rings (SSSR count). The zero-order chi connectivity index (χ0) is 26.7. The van der Waals surface area contributed by atoms with Crippen LogP contribution in [0.2, 0.25) is 0 Å². The highest BCUT2D eigenvalue weighted by molar-refractivity contribution is 7.92. The van der Waals surface area contributed by atoms with E-state index in [4.69, 9.17) is 4.74 Å². The fraction of sp³-hybridized carbons (Fsp3) is 0.538. The van der Waals surface area contributed by atoms with Crippen molar-refractivity contribution >= 4 is 45.2 Å². The van der Waals surface area contributed by atoms with E-state index in [2.05, 4.69) is 28.6 Å². The maximum atomic E-state index is 13.9. The Balaban J connectivity index is 1.91. The van der Waals surface area contributed by atoms with E-state index >= 15 is 0 Å². The maximum absolute atomic E-state index is 13.9. The Morgan fingerprint density at radius 3 is 2.36 bits per heavy atom. The Hall–Kier alpha value is -2.30. The molecule has 2 amide bonds. The molecule has 4 atom stereocenters. The van der Waals surface area contributed by atoms with Gasteiger partial charge < -0.3 is 20.7 Å². The number of hydrogen-bond acceptors (Lipinski definition) is 7. The molecule has 3 N–H and O–H groups in total. The van der Waals surface area contributed by atoms with Gasteiger partial charge in [-0.3, -0.25) is 4.79 Å². The number of hydrogen-bond donors (Lipinski definition) is 4. The predicted octanol–water partition coefficient (Wildman–Crippen LogP) is 3.66. The molecule has 2 unspecified atom stereocenters. The van der Waals surface area contributed by atoms with E-state index in [1.807, 2.05) is 38.1 Å². The summed E-state index contributed by atoms with van der Waals surface area (Å²) in [6, 6.07) is 11.0. The Bertz CT molecular complexity index is 1190. The molecule has 1 fully saturated rings. The summed E-state index contributed by atoms with van der Waals surface area (Å²) in [6.07, 6.45) is 0.0581. The molecular weight excluding hydrogens is 498 g/mol. The summed E-state index contributed by atoms with van der Waals surface area (Å²) in [4.78, 5) is 26.0. The number of thiol groups is 1. The molecule has 0 spiro atoms. The van der Waals surface area contributed by atoms with Crippen LogP contribution in [0.3, 0.4) is 0 Å². The quantitative estimate of drug-likeness (QED) is 0.384. The number of amides is 2. The van der Waals surface area contributed by atoms with E-state index < -0.39 is 44.9 Å². The van der Waals surface area contributed by atoms with Crippen LogP contribution in [0.25, 0.3) is 10.8 Å². The van der Waals surface area contributed by atoms with Crippen LogP contribution in [0.1, 0.15) is 47.5 Å². The number of carbonyl (C=O) groups is 2. The summed E-state index contributed by atoms with van der Waals surface area (Å²) in [7, 11) is -3.99. The van der Waals surface area contributed by atoms with Gasteiger partial charge in [0.1, 0.15) is 11.6 Å². The van der Waals surface area contributed by atoms with E-state index in [1.54, 1.807) is 39.0 Å². The minimum absolute atomic E-state index is 0.0347. The molecule has 1 saturated heterocycles. The fourth-order valence-corrected chi connectivity index (χ4v) is 6.34. The standard InChI is InChI=1S/C26H37N3O5S2/c1-16(2)12-21(28-25(31)34-26(3,4)5)23(30)29-24(22-14-19(35)15-27-22)36(32,33)20-11-10-17-8-6-7-9-18(17)13-20/h6-11,13,16,19,21-22,24,27,35H,12,14-15H2,1-5H3,(H,28,31)(H,29,30)/t19-,21?,22+,24?/m1/s1. The monoisotopic (exact) mass is 535 g/mol. The van der Waals surface area contributed by atoms with Crippen molar-refractivity contribution in [1.29, 1.82) is 0 Å². The summed E-state index contributed by atoms with van der Waals surface area (Å²) in [5.41, 5.74) is -0.736. The van der Waals surface area contributed by atoms with Crippen LogP contribution in [0.4, 0.5) is 4.79 Å². The first-order valence-corrected chi connectivity index (χ1v) is 14.3. The molecule has 0 aliphatic carbocycles. The summed E-state index contributed by atoms with van der Waals surface area (Å²) in [5, 5.41) is 9.00. The molecule has 8 nitrogen and oxygen atoms in total. The van der Waals surface area contributed by atoms with Crippen molar-refractivity contribution in [3.63, 3.8) is 0 Å². The van der Waals surface area contributed by atoms with Gasteiger partial charge in [0.25, 0.3) is 0 Å². The zero-order valence-electron chi connectivity index (χ0n) is 21.4. The van der Waals surface area contributed by atoms with E-state index in [0.717, 1.165) is 10.8 Å². The molecule has 36 heavy (non-hydrogen) atoms. The van der Waals surface area contributed by atoms with Gasteiger partial charge in [-0.15, -0.1) is 0 Å². The third kappa shape index (κ3) is 7.36. The molecule has 0 radical (unpaired) electrons. The molecule has 2 aromatic rings. The lowest BCUT2D eigenvalue weighted by molar-refractivity contribution is -0.124. The number of rotatable bonds is 8. The summed E-state index contributed by atoms with van der Waals surface area (Å²) >= 11 is 4.50. The van der Waals surface area contributed by atoms with Crippen molar-refractivity contribution in [3.05, 3.63) is 42.5 Å². The van der Waals surface area contributed by atoms with Gasteiger partial charge in [-0.05, 0) is 62.4 Å². The minimum Gasteiger partial charge on any atom is -0.444 e. The van der Waals surface area contributed by atoms with Crippen molar-refractivity contribution in [2.45, 2.75) is 80.7 Å². The summed E-state index contributed by atoms with van der Waals surface area (Å²) in [6.45, 7) is 9.56. The SMILES string of the molecule is CC(C)CC(NC(=O)OC(C)(C)C)C(=O)NC([C@@H]1C[C@@H](S)CN1)S(=O)(=O)c1ccc2ccccc2c1. The van der Waals surface area contributed by atoms with Crippen molar-refractivity contribution in [2.24, 2.45) is 5.92 Å². The van der Waals surface area contributed by atoms with Crippen LogP contribution in [-0.4, -0.2) is 55.3 Å². The second kappa shape index (κ2) is 11.4. The highest BCUT2D eigenvalue weighted by atomic mass is 32.2. The van der Waals surface area contributed by atoms with Gasteiger partial charge in [0.15, 0.2) is 5.37 Å². The lowest BCUT2D eigenvalue weighted by Gasteiger charge is -2.29. The number of sulfone groups is 1. The van der Waals surface area contributed by atoms with Crippen molar-refractivity contribution in [3.8, 4) is 0 Å². The predicted molar refractivity (Wildman–Crippen MR) is 145 cm³/mol. The number of alkyl carbamates (subject to hydrolysis) is 1. The third-order valence-electron chi connectivity index (χ3n) is 5.89. The maximum Gasteiger partial charge on any atom is 0.408 e. The molecular formula is C26H37N3O5S2. The summed E-state index contributed by atoms with van der Waals surface area (Å²) < 4.78 is 33.1. The van der Waals surface area contributed by atoms with Gasteiger partial charge in [-0.1, -0.05) is 44.2 Å². The van der Waals surface area contributed by atoms with Gasteiger partial charge in [0, 0.05) is 17.8 Å². The summed E-state index contributed by atoms with van der Waals surface area (Å²) in [5.74, 6) is -0.508. The first-order valence-electron chi connectivity index (χ1n) is 12.2. The zero-order valence-corrected chi connectivity index (χ0v) is 23.2. The molecule has 2 aromatic carbocycles. The van der Waals surface area contributed by atoms with Crippen LogP contribution >= 0.6 is 12.6 Å². The van der Waals surface area contributed by atoms with Crippen molar-refractivity contribution < 1.29 is 22.7 Å². The topological polar surface area (TPSA) is 114 Å². The molecule has 0 saturated carbocycles. The van der Waals surface area contributed by atoms with E-state index in [1.165, 1.54) is 0 Å². The van der Waals surface area contributed by atoms with Gasteiger partial charge in [-0.2, -0.15) is 12.6 Å². The largest absolute Gasteiger partial charge is 0.444 e. The van der Waals surface area contributed by atoms with E-state index in [0.29, 0.717) is 19.4 Å². The van der Waals surface area contributed by atoms with Crippen LogP contribution < -0.4 is 16.0 Å². The second-order valence-electron chi connectivity index (χ2n) is 10.7. The Morgan fingerprint density at radius 2 is 1.78 bits per heavy atom.